The number of thiazole rings is 1. The minimum absolute atomic E-state index is 0.0476. The maximum absolute atomic E-state index is 12.2. The molecule has 1 atom stereocenters. The smallest absolute Gasteiger partial charge is 0.249 e. The van der Waals surface area contributed by atoms with E-state index in [-0.39, 0.29) is 11.8 Å². The number of nitrogens with zero attached hydrogens (tertiary/aromatic N) is 1. The highest BCUT2D eigenvalue weighted by Gasteiger charge is 2.25. The Bertz CT molecular complexity index is 506. The topological polar surface area (TPSA) is 71.1 Å². The molecule has 1 aliphatic heterocycles. The SMILES string of the molecule is O=C1CCSC[C@H](C(=O)Nc2nc3c(s2)CCCC3)N1. The number of aryl methyl sites for hydroxylation is 2. The van der Waals surface area contributed by atoms with Gasteiger partial charge in [-0.25, -0.2) is 4.98 Å². The number of thioether (sulfide) groups is 1. The fourth-order valence-electron chi connectivity index (χ4n) is 2.41. The summed E-state index contributed by atoms with van der Waals surface area (Å²) >= 11 is 3.20. The first-order valence-electron chi connectivity index (χ1n) is 6.89. The van der Waals surface area contributed by atoms with Gasteiger partial charge in [0.05, 0.1) is 5.69 Å². The minimum Gasteiger partial charge on any atom is -0.343 e. The number of nitrogens with one attached hydrogen (secondary N) is 2. The van der Waals surface area contributed by atoms with Gasteiger partial charge in [0.2, 0.25) is 11.8 Å². The van der Waals surface area contributed by atoms with Crippen LogP contribution in [-0.2, 0) is 22.4 Å². The summed E-state index contributed by atoms with van der Waals surface area (Å²) in [4.78, 5) is 29.5. The van der Waals surface area contributed by atoms with Crippen LogP contribution >= 0.6 is 23.1 Å². The number of rotatable bonds is 2. The van der Waals surface area contributed by atoms with Gasteiger partial charge in [-0.05, 0) is 25.7 Å². The summed E-state index contributed by atoms with van der Waals surface area (Å²) in [5, 5.41) is 6.29. The number of anilines is 1. The number of carbonyl (C=O) groups excluding carboxylic acids is 2. The number of aromatic nitrogens is 1. The van der Waals surface area contributed by atoms with Gasteiger partial charge < -0.3 is 10.6 Å². The van der Waals surface area contributed by atoms with Crippen LogP contribution < -0.4 is 10.6 Å². The maximum atomic E-state index is 12.2. The van der Waals surface area contributed by atoms with Crippen LogP contribution in [0.1, 0.15) is 29.8 Å². The second kappa shape index (κ2) is 6.13. The highest BCUT2D eigenvalue weighted by Crippen LogP contribution is 2.29. The van der Waals surface area contributed by atoms with E-state index >= 15 is 0 Å². The van der Waals surface area contributed by atoms with Crippen molar-refractivity contribution in [3.8, 4) is 0 Å². The average Bonchev–Trinajstić information content (AvgIpc) is 2.71. The monoisotopic (exact) mass is 311 g/mol. The predicted molar refractivity (Wildman–Crippen MR) is 81.3 cm³/mol. The second-order valence-electron chi connectivity index (χ2n) is 5.03. The van der Waals surface area contributed by atoms with Gasteiger partial charge in [0.1, 0.15) is 6.04 Å². The quantitative estimate of drug-likeness (QED) is 0.870. The first-order chi connectivity index (χ1) is 9.72. The first kappa shape index (κ1) is 13.9. The van der Waals surface area contributed by atoms with E-state index in [2.05, 4.69) is 15.6 Å². The number of hydrogen-bond donors (Lipinski definition) is 2. The summed E-state index contributed by atoms with van der Waals surface area (Å²) in [5.41, 5.74) is 1.14. The molecule has 2 N–H and O–H groups in total. The van der Waals surface area contributed by atoms with Crippen molar-refractivity contribution in [3.63, 3.8) is 0 Å². The lowest BCUT2D eigenvalue weighted by Gasteiger charge is -2.13. The average molecular weight is 311 g/mol. The number of amides is 2. The minimum atomic E-state index is -0.448. The van der Waals surface area contributed by atoms with Gasteiger partial charge in [0.25, 0.3) is 0 Å². The first-order valence-corrected chi connectivity index (χ1v) is 8.86. The Balaban J connectivity index is 1.65. The van der Waals surface area contributed by atoms with Crippen molar-refractivity contribution in [1.82, 2.24) is 10.3 Å². The van der Waals surface area contributed by atoms with E-state index in [4.69, 9.17) is 0 Å². The van der Waals surface area contributed by atoms with Crippen molar-refractivity contribution in [3.05, 3.63) is 10.6 Å². The molecule has 7 heteroatoms. The third kappa shape index (κ3) is 3.15. The Kier molecular flexibility index (Phi) is 4.26. The van der Waals surface area contributed by atoms with Crippen LogP contribution in [0.3, 0.4) is 0 Å². The van der Waals surface area contributed by atoms with Crippen molar-refractivity contribution in [1.29, 1.82) is 0 Å². The van der Waals surface area contributed by atoms with Gasteiger partial charge in [0.15, 0.2) is 5.13 Å². The Labute approximate surface area is 125 Å². The molecule has 1 saturated heterocycles. The zero-order chi connectivity index (χ0) is 13.9. The Morgan fingerprint density at radius 2 is 2.15 bits per heavy atom. The van der Waals surface area contributed by atoms with Crippen LogP contribution in [-0.4, -0.2) is 34.3 Å². The normalized spacial score (nSPS) is 22.6. The highest BCUT2D eigenvalue weighted by atomic mass is 32.2. The number of carbonyl (C=O) groups is 2. The second-order valence-corrected chi connectivity index (χ2v) is 7.26. The molecule has 3 rings (SSSR count). The van der Waals surface area contributed by atoms with E-state index < -0.39 is 6.04 Å². The fraction of sp³-hybridized carbons (Fsp3) is 0.615. The van der Waals surface area contributed by atoms with E-state index in [1.165, 1.54) is 17.7 Å². The summed E-state index contributed by atoms with van der Waals surface area (Å²) in [5.74, 6) is 1.21. The lowest BCUT2D eigenvalue weighted by Crippen LogP contribution is -2.44. The molecule has 108 valence electrons. The third-order valence-electron chi connectivity index (χ3n) is 3.49. The molecule has 20 heavy (non-hydrogen) atoms. The molecule has 1 fully saturated rings. The van der Waals surface area contributed by atoms with Gasteiger partial charge in [-0.2, -0.15) is 11.8 Å². The molecule has 2 aliphatic rings. The van der Waals surface area contributed by atoms with Gasteiger partial charge >= 0.3 is 0 Å². The van der Waals surface area contributed by atoms with Crippen molar-refractivity contribution in [2.75, 3.05) is 16.8 Å². The molecule has 0 spiro atoms. The summed E-state index contributed by atoms with van der Waals surface area (Å²) in [6.45, 7) is 0. The molecule has 5 nitrogen and oxygen atoms in total. The van der Waals surface area contributed by atoms with E-state index in [1.807, 2.05) is 0 Å². The molecule has 0 radical (unpaired) electrons. The predicted octanol–water partition coefficient (Wildman–Crippen LogP) is 1.58. The molecule has 2 heterocycles. The summed E-state index contributed by atoms with van der Waals surface area (Å²) in [7, 11) is 0. The highest BCUT2D eigenvalue weighted by molar-refractivity contribution is 7.99. The Morgan fingerprint density at radius 3 is 3.00 bits per heavy atom. The standard InChI is InChI=1S/C13H17N3O2S2/c17-11-5-6-19-7-9(14-11)12(18)16-13-15-8-3-1-2-4-10(8)20-13/h9H,1-7H2,(H,14,17)(H,15,16,18)/t9-/m1/s1. The van der Waals surface area contributed by atoms with Crippen LogP contribution in [0, 0.1) is 0 Å². The Morgan fingerprint density at radius 1 is 1.30 bits per heavy atom. The number of fused-ring (bicyclic) bond motifs is 1. The zero-order valence-electron chi connectivity index (χ0n) is 11.1. The molecule has 0 unspecified atom stereocenters. The third-order valence-corrected chi connectivity index (χ3v) is 5.62. The van der Waals surface area contributed by atoms with Crippen molar-refractivity contribution in [2.24, 2.45) is 0 Å². The molecule has 0 aromatic carbocycles. The fourth-order valence-corrected chi connectivity index (χ4v) is 4.43. The molecular formula is C13H17N3O2S2. The molecule has 1 aliphatic carbocycles. The molecule has 1 aromatic heterocycles. The van der Waals surface area contributed by atoms with E-state index in [1.54, 1.807) is 23.1 Å². The van der Waals surface area contributed by atoms with Crippen molar-refractivity contribution in [2.45, 2.75) is 38.1 Å². The van der Waals surface area contributed by atoms with Crippen molar-refractivity contribution >= 4 is 40.0 Å². The van der Waals surface area contributed by atoms with Crippen LogP contribution in [0.2, 0.25) is 0 Å². The van der Waals surface area contributed by atoms with E-state index in [0.717, 1.165) is 24.3 Å². The van der Waals surface area contributed by atoms with Gasteiger partial charge in [-0.15, -0.1) is 11.3 Å². The van der Waals surface area contributed by atoms with Gasteiger partial charge in [-0.3, -0.25) is 9.59 Å². The zero-order valence-corrected chi connectivity index (χ0v) is 12.7. The van der Waals surface area contributed by atoms with Gasteiger partial charge in [-0.1, -0.05) is 0 Å². The molecule has 0 bridgehead atoms. The summed E-state index contributed by atoms with van der Waals surface area (Å²) < 4.78 is 0. The molecule has 1 aromatic rings. The maximum Gasteiger partial charge on any atom is 0.249 e. The van der Waals surface area contributed by atoms with Gasteiger partial charge in [0, 0.05) is 22.8 Å². The van der Waals surface area contributed by atoms with Crippen LogP contribution in [0.25, 0.3) is 0 Å². The number of hydrogen-bond acceptors (Lipinski definition) is 5. The largest absolute Gasteiger partial charge is 0.343 e. The van der Waals surface area contributed by atoms with E-state index in [9.17, 15) is 9.59 Å². The lowest BCUT2D eigenvalue weighted by atomic mass is 10.0. The molecule has 2 amide bonds. The summed E-state index contributed by atoms with van der Waals surface area (Å²) in [6.07, 6.45) is 4.95. The molecule has 0 saturated carbocycles. The summed E-state index contributed by atoms with van der Waals surface area (Å²) in [6, 6.07) is -0.448. The van der Waals surface area contributed by atoms with E-state index in [0.29, 0.717) is 17.3 Å². The Hall–Kier alpha value is -1.08. The van der Waals surface area contributed by atoms with Crippen LogP contribution in [0.4, 0.5) is 5.13 Å². The lowest BCUT2D eigenvalue weighted by molar-refractivity contribution is -0.125. The van der Waals surface area contributed by atoms with Crippen molar-refractivity contribution < 1.29 is 9.59 Å². The van der Waals surface area contributed by atoms with Crippen LogP contribution in [0.5, 0.6) is 0 Å². The van der Waals surface area contributed by atoms with Crippen LogP contribution in [0.15, 0.2) is 0 Å². The molecular weight excluding hydrogens is 294 g/mol.